The summed E-state index contributed by atoms with van der Waals surface area (Å²) in [5.41, 5.74) is 2.16. The Morgan fingerprint density at radius 1 is 1.03 bits per heavy atom. The third kappa shape index (κ3) is 5.77. The summed E-state index contributed by atoms with van der Waals surface area (Å²) in [7, 11) is 1.26. The molecule has 2 N–H and O–H groups in total. The number of urea groups is 1. The molecule has 0 spiro atoms. The Labute approximate surface area is 197 Å². The average molecular weight is 502 g/mol. The fraction of sp³-hybridized carbons (Fsp3) is 0.417. The number of carbonyl (C=O) groups excluding carboxylic acids is 2. The summed E-state index contributed by atoms with van der Waals surface area (Å²) in [4.78, 5) is 24.6. The van der Waals surface area contributed by atoms with Gasteiger partial charge in [0.15, 0.2) is 0 Å². The maximum atomic E-state index is 13.2. The summed E-state index contributed by atoms with van der Waals surface area (Å²) < 4.78 is 85.2. The lowest BCUT2D eigenvalue weighted by Crippen LogP contribution is -2.52. The van der Waals surface area contributed by atoms with Crippen molar-refractivity contribution in [3.05, 3.63) is 70.8 Å². The Morgan fingerprint density at radius 2 is 1.54 bits per heavy atom. The van der Waals surface area contributed by atoms with Crippen molar-refractivity contribution in [2.24, 2.45) is 11.7 Å². The number of amides is 3. The number of hydrogen-bond acceptors (Lipinski definition) is 3. The van der Waals surface area contributed by atoms with Crippen molar-refractivity contribution >= 4 is 11.9 Å². The molecule has 0 saturated heterocycles. The van der Waals surface area contributed by atoms with Gasteiger partial charge in [-0.15, -0.1) is 0 Å². The first-order chi connectivity index (χ1) is 16.1. The van der Waals surface area contributed by atoms with E-state index in [0.29, 0.717) is 12.1 Å². The van der Waals surface area contributed by atoms with Gasteiger partial charge in [0, 0.05) is 18.4 Å². The van der Waals surface area contributed by atoms with Gasteiger partial charge < -0.3 is 10.5 Å². The van der Waals surface area contributed by atoms with Gasteiger partial charge in [0.1, 0.15) is 0 Å². The molecule has 2 aromatic rings. The number of imide groups is 1. The van der Waals surface area contributed by atoms with Crippen molar-refractivity contribution < 1.29 is 40.7 Å². The number of primary amides is 1. The predicted octanol–water partition coefficient (Wildman–Crippen LogP) is 5.69. The highest BCUT2D eigenvalue weighted by Crippen LogP contribution is 2.49. The van der Waals surface area contributed by atoms with E-state index in [-0.39, 0.29) is 31.1 Å². The van der Waals surface area contributed by atoms with E-state index in [1.54, 1.807) is 30.3 Å². The normalized spacial score (nSPS) is 21.2. The molecule has 0 bridgehead atoms. The van der Waals surface area contributed by atoms with Crippen LogP contribution in [0, 0.1) is 5.92 Å². The minimum Gasteiger partial charge on any atom is -0.373 e. The fourth-order valence-electron chi connectivity index (χ4n) is 4.26. The van der Waals surface area contributed by atoms with Crippen LogP contribution in [0.3, 0.4) is 0 Å². The second-order valence-electron chi connectivity index (χ2n) is 8.78. The van der Waals surface area contributed by atoms with Crippen LogP contribution in [0.25, 0.3) is 0 Å². The van der Waals surface area contributed by atoms with Gasteiger partial charge >= 0.3 is 18.4 Å². The first-order valence-electron chi connectivity index (χ1n) is 10.7. The van der Waals surface area contributed by atoms with Gasteiger partial charge in [0.2, 0.25) is 5.91 Å². The number of benzene rings is 2. The topological polar surface area (TPSA) is 72.6 Å². The van der Waals surface area contributed by atoms with Gasteiger partial charge in [-0.2, -0.15) is 26.3 Å². The summed E-state index contributed by atoms with van der Waals surface area (Å²) in [6, 6.07) is 9.39. The lowest BCUT2D eigenvalue weighted by Gasteiger charge is -2.48. The lowest BCUT2D eigenvalue weighted by molar-refractivity contribution is -0.143. The van der Waals surface area contributed by atoms with Gasteiger partial charge in [-0.1, -0.05) is 30.3 Å². The summed E-state index contributed by atoms with van der Waals surface area (Å²) in [5.74, 6) is -0.998. The quantitative estimate of drug-likeness (QED) is 0.516. The zero-order valence-corrected chi connectivity index (χ0v) is 18.9. The molecule has 1 aliphatic rings. The summed E-state index contributed by atoms with van der Waals surface area (Å²) in [5, 5.41) is 0. The number of carbonyl (C=O) groups is 2. The minimum absolute atomic E-state index is 0.0557. The molecular formula is C24H24F6N2O3. The predicted molar refractivity (Wildman–Crippen MR) is 114 cm³/mol. The average Bonchev–Trinajstić information content (AvgIpc) is 2.76. The monoisotopic (exact) mass is 502 g/mol. The summed E-state index contributed by atoms with van der Waals surface area (Å²) >= 11 is 0. The molecule has 1 saturated carbocycles. The van der Waals surface area contributed by atoms with Crippen molar-refractivity contribution in [3.8, 4) is 0 Å². The van der Waals surface area contributed by atoms with Gasteiger partial charge in [0.25, 0.3) is 0 Å². The van der Waals surface area contributed by atoms with Gasteiger partial charge in [-0.3, -0.25) is 9.69 Å². The van der Waals surface area contributed by atoms with E-state index < -0.39 is 52.9 Å². The molecule has 1 fully saturated rings. The molecule has 5 nitrogen and oxygen atoms in total. The van der Waals surface area contributed by atoms with E-state index >= 15 is 0 Å². The second kappa shape index (κ2) is 9.52. The molecule has 1 atom stereocenters. The van der Waals surface area contributed by atoms with Crippen LogP contribution >= 0.6 is 0 Å². The Kier molecular flexibility index (Phi) is 7.21. The van der Waals surface area contributed by atoms with E-state index in [9.17, 15) is 35.9 Å². The summed E-state index contributed by atoms with van der Waals surface area (Å²) in [6.07, 6.45) is -10.5. The molecule has 3 amide bonds. The van der Waals surface area contributed by atoms with Crippen molar-refractivity contribution in [3.63, 3.8) is 0 Å². The maximum Gasteiger partial charge on any atom is 0.416 e. The van der Waals surface area contributed by atoms with Crippen LogP contribution in [0.4, 0.5) is 31.1 Å². The van der Waals surface area contributed by atoms with Crippen molar-refractivity contribution in [2.45, 2.75) is 43.6 Å². The van der Waals surface area contributed by atoms with Crippen LogP contribution < -0.4 is 5.73 Å². The molecule has 1 aliphatic carbocycles. The first-order valence-corrected chi connectivity index (χ1v) is 10.7. The highest BCUT2D eigenvalue weighted by molar-refractivity contribution is 5.95. The van der Waals surface area contributed by atoms with Gasteiger partial charge in [-0.05, 0) is 49.1 Å². The number of halogens is 6. The molecule has 3 rings (SSSR count). The molecule has 0 heterocycles. The number of hydrogen-bond donors (Lipinski definition) is 1. The van der Waals surface area contributed by atoms with Crippen molar-refractivity contribution in [1.82, 2.24) is 4.90 Å². The lowest BCUT2D eigenvalue weighted by atomic mass is 9.58. The fourth-order valence-corrected chi connectivity index (χ4v) is 4.26. The Hall–Kier alpha value is -3.08. The molecule has 190 valence electrons. The zero-order chi connectivity index (χ0) is 26.2. The van der Waals surface area contributed by atoms with Crippen molar-refractivity contribution in [2.75, 3.05) is 13.7 Å². The largest absolute Gasteiger partial charge is 0.416 e. The van der Waals surface area contributed by atoms with Crippen LogP contribution in [0.2, 0.25) is 0 Å². The Bertz CT molecular complexity index is 1050. The number of rotatable bonds is 6. The van der Waals surface area contributed by atoms with Gasteiger partial charge in [-0.25, -0.2) is 4.79 Å². The number of nitrogens with zero attached hydrogens (tertiary/aromatic N) is 1. The smallest absolute Gasteiger partial charge is 0.373 e. The molecule has 35 heavy (non-hydrogen) atoms. The third-order valence-electron chi connectivity index (χ3n) is 6.36. The molecule has 11 heteroatoms. The van der Waals surface area contributed by atoms with Crippen molar-refractivity contribution in [1.29, 1.82) is 0 Å². The van der Waals surface area contributed by atoms with E-state index in [0.717, 1.165) is 10.5 Å². The maximum absolute atomic E-state index is 13.2. The van der Waals surface area contributed by atoms with Crippen LogP contribution in [0.1, 0.15) is 48.1 Å². The van der Waals surface area contributed by atoms with E-state index in [2.05, 4.69) is 0 Å². The number of nitrogens with two attached hydrogens (primary N) is 1. The molecular weight excluding hydrogens is 478 g/mol. The van der Waals surface area contributed by atoms with Crippen LogP contribution in [-0.4, -0.2) is 30.5 Å². The molecule has 0 aromatic heterocycles. The Balaban J connectivity index is 1.84. The second-order valence-corrected chi connectivity index (χ2v) is 8.78. The zero-order valence-electron chi connectivity index (χ0n) is 18.9. The standard InChI is InChI=1S/C24H24F6N2O3/c1-14(15-8-18(23(25,26)27)10-19(9-15)24(28,29)30)35-13-22(17-6-4-3-5-7-17)11-16(12-22)20(33)32(2)21(31)34/h3-10,14,16H,11-13H2,1-2H3,(H2,31,34)/t14-,16-,22+/m1/s1. The molecule has 0 radical (unpaired) electrons. The van der Waals surface area contributed by atoms with Crippen LogP contribution in [0.5, 0.6) is 0 Å². The Morgan fingerprint density at radius 3 is 2.00 bits per heavy atom. The van der Waals surface area contributed by atoms with E-state index in [4.69, 9.17) is 10.5 Å². The highest BCUT2D eigenvalue weighted by Gasteiger charge is 2.50. The molecule has 0 unspecified atom stereocenters. The number of alkyl halides is 6. The van der Waals surface area contributed by atoms with Gasteiger partial charge in [0.05, 0.1) is 23.8 Å². The summed E-state index contributed by atoms with van der Waals surface area (Å²) in [6.45, 7) is 1.32. The third-order valence-corrected chi connectivity index (χ3v) is 6.36. The number of ether oxygens (including phenoxy) is 1. The van der Waals surface area contributed by atoms with E-state index in [1.165, 1.54) is 14.0 Å². The molecule has 0 aliphatic heterocycles. The van der Waals surface area contributed by atoms with Crippen LogP contribution in [0.15, 0.2) is 48.5 Å². The first kappa shape index (κ1) is 26.5. The van der Waals surface area contributed by atoms with E-state index in [1.807, 2.05) is 0 Å². The molecule has 2 aromatic carbocycles. The highest BCUT2D eigenvalue weighted by atomic mass is 19.4. The minimum atomic E-state index is -4.96. The van der Waals surface area contributed by atoms with Crippen LogP contribution in [-0.2, 0) is 27.3 Å². The SMILES string of the molecule is C[C@@H](OC[C@]1(c2ccccc2)C[C@@H](C(=O)N(C)C(N)=O)C1)c1cc(C(F)(F)F)cc(C(F)(F)F)c1.